The average Bonchev–Trinajstić information content (AvgIpc) is 3.25. The molecule has 7 nitrogen and oxygen atoms in total. The molecule has 4 aromatic rings. The minimum atomic E-state index is -0.462. The summed E-state index contributed by atoms with van der Waals surface area (Å²) in [6.07, 6.45) is 1.18. The van der Waals surface area contributed by atoms with Crippen molar-refractivity contribution >= 4 is 23.5 Å². The zero-order chi connectivity index (χ0) is 20.8. The zero-order valence-electron chi connectivity index (χ0n) is 15.7. The molecule has 148 valence electrons. The SMILES string of the molecule is O=C(Nc1nc(C(=O)Nc2ccc(Oc3ccccc3)cc2)co1)c1ccccc1. The molecule has 30 heavy (non-hydrogen) atoms. The highest BCUT2D eigenvalue weighted by Crippen LogP contribution is 2.23. The van der Waals surface area contributed by atoms with Crippen LogP contribution in [0, 0.1) is 0 Å². The highest BCUT2D eigenvalue weighted by molar-refractivity contribution is 6.05. The molecule has 0 fully saturated rings. The highest BCUT2D eigenvalue weighted by atomic mass is 16.5. The molecule has 4 rings (SSSR count). The molecule has 0 spiro atoms. The second-order valence-electron chi connectivity index (χ2n) is 6.25. The molecule has 2 amide bonds. The minimum absolute atomic E-state index is 0.0444. The zero-order valence-corrected chi connectivity index (χ0v) is 15.7. The minimum Gasteiger partial charge on any atom is -0.457 e. The Labute approximate surface area is 172 Å². The van der Waals surface area contributed by atoms with Gasteiger partial charge in [0.15, 0.2) is 5.69 Å². The van der Waals surface area contributed by atoms with E-state index in [1.165, 1.54) is 6.26 Å². The van der Waals surface area contributed by atoms with E-state index in [4.69, 9.17) is 9.15 Å². The Balaban J connectivity index is 1.35. The molecule has 0 saturated carbocycles. The van der Waals surface area contributed by atoms with Crippen LogP contribution < -0.4 is 15.4 Å². The van der Waals surface area contributed by atoms with Gasteiger partial charge in [-0.1, -0.05) is 36.4 Å². The number of benzene rings is 3. The second kappa shape index (κ2) is 8.74. The number of anilines is 2. The molecular formula is C23H17N3O4. The first-order valence-corrected chi connectivity index (χ1v) is 9.13. The number of aromatic nitrogens is 1. The predicted molar refractivity (Wildman–Crippen MR) is 112 cm³/mol. The lowest BCUT2D eigenvalue weighted by Gasteiger charge is -2.07. The van der Waals surface area contributed by atoms with E-state index in [-0.39, 0.29) is 17.6 Å². The van der Waals surface area contributed by atoms with Crippen LogP contribution >= 0.6 is 0 Å². The molecule has 1 heterocycles. The van der Waals surface area contributed by atoms with E-state index >= 15 is 0 Å². The van der Waals surface area contributed by atoms with Gasteiger partial charge in [-0.25, -0.2) is 0 Å². The van der Waals surface area contributed by atoms with Gasteiger partial charge in [-0.15, -0.1) is 0 Å². The van der Waals surface area contributed by atoms with Crippen LogP contribution in [0.2, 0.25) is 0 Å². The summed E-state index contributed by atoms with van der Waals surface area (Å²) in [7, 11) is 0. The maximum Gasteiger partial charge on any atom is 0.302 e. The first-order chi connectivity index (χ1) is 14.7. The Morgan fingerprint density at radius 3 is 2.07 bits per heavy atom. The van der Waals surface area contributed by atoms with Crippen molar-refractivity contribution in [3.63, 3.8) is 0 Å². The summed E-state index contributed by atoms with van der Waals surface area (Å²) in [5, 5.41) is 5.23. The van der Waals surface area contributed by atoms with Crippen LogP contribution in [0.3, 0.4) is 0 Å². The molecule has 7 heteroatoms. The molecule has 0 unspecified atom stereocenters. The van der Waals surface area contributed by atoms with Crippen LogP contribution in [0.1, 0.15) is 20.8 Å². The fourth-order valence-electron chi connectivity index (χ4n) is 2.62. The Morgan fingerprint density at radius 1 is 0.733 bits per heavy atom. The number of hydrogen-bond acceptors (Lipinski definition) is 5. The van der Waals surface area contributed by atoms with Gasteiger partial charge >= 0.3 is 6.01 Å². The van der Waals surface area contributed by atoms with Crippen molar-refractivity contribution in [1.82, 2.24) is 4.98 Å². The van der Waals surface area contributed by atoms with Crippen molar-refractivity contribution in [1.29, 1.82) is 0 Å². The quantitative estimate of drug-likeness (QED) is 0.477. The molecule has 0 aliphatic heterocycles. The molecule has 0 atom stereocenters. The maximum atomic E-state index is 12.4. The number of rotatable bonds is 6. The first kappa shape index (κ1) is 18.9. The van der Waals surface area contributed by atoms with E-state index in [0.717, 1.165) is 5.75 Å². The van der Waals surface area contributed by atoms with Gasteiger partial charge in [-0.2, -0.15) is 4.98 Å². The molecule has 0 radical (unpaired) electrons. The smallest absolute Gasteiger partial charge is 0.302 e. The van der Waals surface area contributed by atoms with Crippen LogP contribution in [0.4, 0.5) is 11.7 Å². The largest absolute Gasteiger partial charge is 0.457 e. The Bertz CT molecular complexity index is 1140. The van der Waals surface area contributed by atoms with Crippen molar-refractivity contribution in [3.8, 4) is 11.5 Å². The summed E-state index contributed by atoms with van der Waals surface area (Å²) in [4.78, 5) is 28.5. The van der Waals surface area contributed by atoms with E-state index in [0.29, 0.717) is 17.0 Å². The number of carbonyl (C=O) groups excluding carboxylic acids is 2. The average molecular weight is 399 g/mol. The van der Waals surface area contributed by atoms with E-state index in [1.807, 2.05) is 36.4 Å². The number of hydrogen-bond donors (Lipinski definition) is 2. The van der Waals surface area contributed by atoms with Crippen molar-refractivity contribution in [2.75, 3.05) is 10.6 Å². The first-order valence-electron chi connectivity index (χ1n) is 9.13. The lowest BCUT2D eigenvalue weighted by atomic mass is 10.2. The number of carbonyl (C=O) groups is 2. The third kappa shape index (κ3) is 4.71. The number of nitrogens with zero attached hydrogens (tertiary/aromatic N) is 1. The Hall–Kier alpha value is -4.39. The van der Waals surface area contributed by atoms with Crippen molar-refractivity contribution in [2.24, 2.45) is 0 Å². The fraction of sp³-hybridized carbons (Fsp3) is 0. The molecular weight excluding hydrogens is 382 g/mol. The third-order valence-corrected chi connectivity index (χ3v) is 4.08. The standard InChI is InChI=1S/C23H17N3O4/c27-21(16-7-3-1-4-8-16)26-23-25-20(15-29-23)22(28)24-17-11-13-19(14-12-17)30-18-9-5-2-6-10-18/h1-15H,(H,24,28)(H,25,26,27). The normalized spacial score (nSPS) is 10.3. The monoisotopic (exact) mass is 399 g/mol. The van der Waals surface area contributed by atoms with E-state index < -0.39 is 5.91 Å². The van der Waals surface area contributed by atoms with Crippen molar-refractivity contribution in [3.05, 3.63) is 102 Å². The molecule has 0 saturated heterocycles. The highest BCUT2D eigenvalue weighted by Gasteiger charge is 2.15. The summed E-state index contributed by atoms with van der Waals surface area (Å²) in [5.74, 6) is 0.530. The van der Waals surface area contributed by atoms with Crippen LogP contribution in [0.5, 0.6) is 11.5 Å². The molecule has 1 aromatic heterocycles. The van der Waals surface area contributed by atoms with Crippen molar-refractivity contribution in [2.45, 2.75) is 0 Å². The Morgan fingerprint density at radius 2 is 1.37 bits per heavy atom. The number of nitrogens with one attached hydrogen (secondary N) is 2. The number of para-hydroxylation sites is 1. The molecule has 3 aromatic carbocycles. The van der Waals surface area contributed by atoms with E-state index in [2.05, 4.69) is 15.6 Å². The van der Waals surface area contributed by atoms with Crippen LogP contribution in [-0.2, 0) is 0 Å². The van der Waals surface area contributed by atoms with Crippen molar-refractivity contribution < 1.29 is 18.7 Å². The van der Waals surface area contributed by atoms with Gasteiger partial charge < -0.3 is 14.5 Å². The number of amides is 2. The molecule has 2 N–H and O–H groups in total. The van der Waals surface area contributed by atoms with E-state index in [1.54, 1.807) is 48.5 Å². The van der Waals surface area contributed by atoms with Gasteiger partial charge in [0, 0.05) is 11.3 Å². The third-order valence-electron chi connectivity index (χ3n) is 4.08. The van der Waals surface area contributed by atoms with Gasteiger partial charge in [0.25, 0.3) is 11.8 Å². The Kier molecular flexibility index (Phi) is 5.52. The fourth-order valence-corrected chi connectivity index (χ4v) is 2.62. The van der Waals surface area contributed by atoms with Crippen LogP contribution in [-0.4, -0.2) is 16.8 Å². The van der Waals surface area contributed by atoms with Gasteiger partial charge in [0.05, 0.1) is 0 Å². The van der Waals surface area contributed by atoms with Crippen LogP contribution in [0.15, 0.2) is 95.6 Å². The predicted octanol–water partition coefficient (Wildman–Crippen LogP) is 4.97. The number of ether oxygens (including phenoxy) is 1. The lowest BCUT2D eigenvalue weighted by Crippen LogP contribution is -2.14. The summed E-state index contributed by atoms with van der Waals surface area (Å²) in [5.41, 5.74) is 1.07. The summed E-state index contributed by atoms with van der Waals surface area (Å²) in [6, 6.07) is 24.9. The molecule has 0 bridgehead atoms. The van der Waals surface area contributed by atoms with E-state index in [9.17, 15) is 9.59 Å². The van der Waals surface area contributed by atoms with Gasteiger partial charge in [0.1, 0.15) is 17.8 Å². The second-order valence-corrected chi connectivity index (χ2v) is 6.25. The van der Waals surface area contributed by atoms with Gasteiger partial charge in [-0.05, 0) is 48.5 Å². The molecule has 0 aliphatic rings. The summed E-state index contributed by atoms with van der Waals surface area (Å²) in [6.45, 7) is 0. The number of oxazole rings is 1. The topological polar surface area (TPSA) is 93.5 Å². The lowest BCUT2D eigenvalue weighted by molar-refractivity contribution is 0.101. The van der Waals surface area contributed by atoms with Gasteiger partial charge in [-0.3, -0.25) is 14.9 Å². The maximum absolute atomic E-state index is 12.4. The summed E-state index contributed by atoms with van der Waals surface area (Å²) < 4.78 is 10.9. The van der Waals surface area contributed by atoms with Crippen LogP contribution in [0.25, 0.3) is 0 Å². The van der Waals surface area contributed by atoms with Gasteiger partial charge in [0.2, 0.25) is 0 Å². The summed E-state index contributed by atoms with van der Waals surface area (Å²) >= 11 is 0. The molecule has 0 aliphatic carbocycles.